The van der Waals surface area contributed by atoms with E-state index in [4.69, 9.17) is 13.9 Å². The van der Waals surface area contributed by atoms with Gasteiger partial charge in [0.2, 0.25) is 15.9 Å². The third-order valence-electron chi connectivity index (χ3n) is 4.41. The second kappa shape index (κ2) is 7.59. The molecule has 1 fully saturated rings. The van der Waals surface area contributed by atoms with E-state index < -0.39 is 28.0 Å². The number of piperidine rings is 1. The number of ether oxygens (including phenoxy) is 2. The Morgan fingerprint density at radius 3 is 2.57 bits per heavy atom. The Balaban J connectivity index is 1.86. The van der Waals surface area contributed by atoms with Crippen LogP contribution < -0.4 is 9.47 Å². The van der Waals surface area contributed by atoms with Crippen LogP contribution in [0.25, 0.3) is 0 Å². The van der Waals surface area contributed by atoms with E-state index >= 15 is 0 Å². The number of halogens is 3. The van der Waals surface area contributed by atoms with Gasteiger partial charge in [0.1, 0.15) is 16.4 Å². The fourth-order valence-corrected chi connectivity index (χ4v) is 4.66. The molecule has 1 aromatic heterocycles. The summed E-state index contributed by atoms with van der Waals surface area (Å²) in [6.45, 7) is 0.144. The number of hydrogen-bond acceptors (Lipinski definition) is 7. The molecule has 2 heterocycles. The molecule has 0 amide bonds. The molecule has 1 unspecified atom stereocenters. The summed E-state index contributed by atoms with van der Waals surface area (Å²) in [6, 6.07) is 4.30. The van der Waals surface area contributed by atoms with Crippen molar-refractivity contribution in [3.05, 3.63) is 30.0 Å². The minimum absolute atomic E-state index is 0.0574. The smallest absolute Gasteiger partial charge is 0.470 e. The number of rotatable bonds is 5. The number of aromatic nitrogens is 2. The number of hydrogen-bond donors (Lipinski definition) is 0. The van der Waals surface area contributed by atoms with Gasteiger partial charge in [-0.25, -0.2) is 8.42 Å². The predicted molar refractivity (Wildman–Crippen MR) is 89.6 cm³/mol. The normalized spacial score (nSPS) is 18.8. The van der Waals surface area contributed by atoms with E-state index in [1.54, 1.807) is 0 Å². The minimum atomic E-state index is -4.75. The molecule has 0 N–H and O–H groups in total. The molecular weight excluding hydrogens is 403 g/mol. The number of methoxy groups -OCH3 is 2. The van der Waals surface area contributed by atoms with Crippen LogP contribution in [0.1, 0.15) is 30.5 Å². The third kappa shape index (κ3) is 3.92. The molecule has 3 rings (SSSR count). The molecule has 12 heteroatoms. The van der Waals surface area contributed by atoms with Gasteiger partial charge >= 0.3 is 12.1 Å². The zero-order valence-electron chi connectivity index (χ0n) is 15.1. The number of nitrogens with zero attached hydrogens (tertiary/aromatic N) is 3. The van der Waals surface area contributed by atoms with Gasteiger partial charge in [-0.3, -0.25) is 0 Å². The van der Waals surface area contributed by atoms with Crippen molar-refractivity contribution in [1.29, 1.82) is 0 Å². The summed E-state index contributed by atoms with van der Waals surface area (Å²) in [5, 5.41) is 6.46. The molecule has 0 spiro atoms. The SMILES string of the molecule is COc1ccc(S(=O)(=O)N2CCCC(c3nnc(C(F)(F)F)o3)C2)c(OC)c1. The quantitative estimate of drug-likeness (QED) is 0.733. The first-order valence-electron chi connectivity index (χ1n) is 8.29. The molecule has 1 aliphatic rings. The summed E-state index contributed by atoms with van der Waals surface area (Å²) in [6.07, 6.45) is -3.88. The maximum atomic E-state index is 13.1. The lowest BCUT2D eigenvalue weighted by Crippen LogP contribution is -2.39. The lowest BCUT2D eigenvalue weighted by molar-refractivity contribution is -0.157. The van der Waals surface area contributed by atoms with Crippen molar-refractivity contribution in [2.45, 2.75) is 29.8 Å². The first-order valence-corrected chi connectivity index (χ1v) is 9.73. The molecule has 0 radical (unpaired) electrons. The first kappa shape index (κ1) is 20.4. The van der Waals surface area contributed by atoms with Gasteiger partial charge in [-0.1, -0.05) is 0 Å². The van der Waals surface area contributed by atoms with Gasteiger partial charge in [0, 0.05) is 19.2 Å². The Hall–Kier alpha value is -2.34. The summed E-state index contributed by atoms with van der Waals surface area (Å²) in [5.41, 5.74) is 0. The molecular formula is C16H18F3N3O5S. The van der Waals surface area contributed by atoms with E-state index in [2.05, 4.69) is 10.2 Å². The molecule has 1 aliphatic heterocycles. The molecule has 28 heavy (non-hydrogen) atoms. The highest BCUT2D eigenvalue weighted by Gasteiger charge is 2.40. The molecule has 1 saturated heterocycles. The van der Waals surface area contributed by atoms with Crippen LogP contribution in [0.4, 0.5) is 13.2 Å². The zero-order valence-corrected chi connectivity index (χ0v) is 15.9. The monoisotopic (exact) mass is 421 g/mol. The highest BCUT2D eigenvalue weighted by atomic mass is 32.2. The zero-order chi connectivity index (χ0) is 20.5. The Morgan fingerprint density at radius 2 is 1.96 bits per heavy atom. The van der Waals surface area contributed by atoms with Crippen LogP contribution in [-0.2, 0) is 16.2 Å². The Kier molecular flexibility index (Phi) is 5.53. The average Bonchev–Trinajstić information content (AvgIpc) is 3.18. The standard InChI is InChI=1S/C16H18F3N3O5S/c1-25-11-5-6-13(12(8-11)26-2)28(23,24)22-7-3-4-10(9-22)14-20-21-15(27-14)16(17,18)19/h5-6,8,10H,3-4,7,9H2,1-2H3. The Morgan fingerprint density at radius 1 is 1.21 bits per heavy atom. The van der Waals surface area contributed by atoms with E-state index in [9.17, 15) is 21.6 Å². The summed E-state index contributed by atoms with van der Waals surface area (Å²) in [5.74, 6) is -1.76. The highest BCUT2D eigenvalue weighted by Crippen LogP contribution is 2.36. The van der Waals surface area contributed by atoms with E-state index in [1.165, 1.54) is 36.7 Å². The molecule has 0 aliphatic carbocycles. The molecule has 0 saturated carbocycles. The number of benzene rings is 1. The maximum absolute atomic E-state index is 13.1. The summed E-state index contributed by atoms with van der Waals surface area (Å²) >= 11 is 0. The second-order valence-corrected chi connectivity index (χ2v) is 8.07. The molecule has 1 atom stereocenters. The van der Waals surface area contributed by atoms with Gasteiger partial charge in [-0.15, -0.1) is 10.2 Å². The van der Waals surface area contributed by atoms with Crippen molar-refractivity contribution >= 4 is 10.0 Å². The summed E-state index contributed by atoms with van der Waals surface area (Å²) in [4.78, 5) is -0.0574. The molecule has 8 nitrogen and oxygen atoms in total. The van der Waals surface area contributed by atoms with E-state index in [0.29, 0.717) is 18.6 Å². The van der Waals surface area contributed by atoms with Crippen LogP contribution >= 0.6 is 0 Å². The van der Waals surface area contributed by atoms with E-state index in [1.807, 2.05) is 0 Å². The molecule has 154 valence electrons. The number of sulfonamides is 1. The van der Waals surface area contributed by atoms with Crippen molar-refractivity contribution in [2.75, 3.05) is 27.3 Å². The summed E-state index contributed by atoms with van der Waals surface area (Å²) in [7, 11) is -1.17. The predicted octanol–water partition coefficient (Wildman–Crippen LogP) is 2.67. The van der Waals surface area contributed by atoms with E-state index in [-0.39, 0.29) is 29.6 Å². The molecule has 0 bridgehead atoms. The molecule has 1 aromatic carbocycles. The number of alkyl halides is 3. The van der Waals surface area contributed by atoms with Crippen molar-refractivity contribution in [3.63, 3.8) is 0 Å². The van der Waals surface area contributed by atoms with Gasteiger partial charge in [0.25, 0.3) is 0 Å². The summed E-state index contributed by atoms with van der Waals surface area (Å²) < 4.78 is 80.3. The fourth-order valence-electron chi connectivity index (χ4n) is 3.00. The van der Waals surface area contributed by atoms with Crippen LogP contribution in [0.5, 0.6) is 11.5 Å². The highest BCUT2D eigenvalue weighted by molar-refractivity contribution is 7.89. The molecule has 2 aromatic rings. The van der Waals surface area contributed by atoms with Crippen molar-refractivity contribution < 1.29 is 35.5 Å². The minimum Gasteiger partial charge on any atom is -0.497 e. The van der Waals surface area contributed by atoms with Gasteiger partial charge in [-0.05, 0) is 25.0 Å². The van der Waals surface area contributed by atoms with Crippen molar-refractivity contribution in [2.24, 2.45) is 0 Å². The van der Waals surface area contributed by atoms with Crippen molar-refractivity contribution in [3.8, 4) is 11.5 Å². The largest absolute Gasteiger partial charge is 0.497 e. The van der Waals surface area contributed by atoms with Crippen molar-refractivity contribution in [1.82, 2.24) is 14.5 Å². The van der Waals surface area contributed by atoms with Gasteiger partial charge in [-0.2, -0.15) is 17.5 Å². The Labute approximate surface area is 159 Å². The average molecular weight is 421 g/mol. The van der Waals surface area contributed by atoms with Crippen LogP contribution in [0.3, 0.4) is 0 Å². The van der Waals surface area contributed by atoms with Crippen LogP contribution in [-0.4, -0.2) is 50.2 Å². The maximum Gasteiger partial charge on any atom is 0.470 e. The van der Waals surface area contributed by atoms with Gasteiger partial charge < -0.3 is 13.9 Å². The topological polar surface area (TPSA) is 94.8 Å². The van der Waals surface area contributed by atoms with Crippen LogP contribution in [0.15, 0.2) is 27.5 Å². The Bertz CT molecular complexity index is 945. The van der Waals surface area contributed by atoms with Gasteiger partial charge in [0.15, 0.2) is 0 Å². The lowest BCUT2D eigenvalue weighted by Gasteiger charge is -2.30. The first-order chi connectivity index (χ1) is 13.2. The van der Waals surface area contributed by atoms with E-state index in [0.717, 1.165) is 0 Å². The van der Waals surface area contributed by atoms with Gasteiger partial charge in [0.05, 0.1) is 20.1 Å². The third-order valence-corrected chi connectivity index (χ3v) is 6.31. The fraction of sp³-hybridized carbons (Fsp3) is 0.500. The lowest BCUT2D eigenvalue weighted by atomic mass is 10.00. The second-order valence-electron chi connectivity index (χ2n) is 6.16. The van der Waals surface area contributed by atoms with Crippen LogP contribution in [0, 0.1) is 0 Å². The van der Waals surface area contributed by atoms with Crippen LogP contribution in [0.2, 0.25) is 0 Å².